The zero-order valence-corrected chi connectivity index (χ0v) is 14.6. The van der Waals surface area contributed by atoms with Gasteiger partial charge >= 0.3 is 0 Å². The van der Waals surface area contributed by atoms with Gasteiger partial charge in [-0.3, -0.25) is 14.5 Å². The van der Waals surface area contributed by atoms with E-state index in [2.05, 4.69) is 0 Å². The minimum Gasteiger partial charge on any atom is -0.493 e. The Bertz CT molecular complexity index is 801. The standard InChI is InChI=1S/C20H21FN2O3/c1-13(22)17-12-14(21)8-9-18(17)26-11-5-4-10-23-19(24)15-6-2-3-7-16(15)20(23)25/h2-3,6-9,12-13H,4-5,10-11,22H2,1H3/t13-/m1/s1. The van der Waals surface area contributed by atoms with Crippen LogP contribution in [0.2, 0.25) is 0 Å². The van der Waals surface area contributed by atoms with Crippen LogP contribution in [0.3, 0.4) is 0 Å². The normalized spacial score (nSPS) is 14.5. The van der Waals surface area contributed by atoms with Crippen molar-refractivity contribution >= 4 is 11.8 Å². The number of hydrogen-bond donors (Lipinski definition) is 1. The van der Waals surface area contributed by atoms with Gasteiger partial charge in [-0.2, -0.15) is 0 Å². The highest BCUT2D eigenvalue weighted by atomic mass is 19.1. The van der Waals surface area contributed by atoms with E-state index in [9.17, 15) is 14.0 Å². The Balaban J connectivity index is 1.50. The summed E-state index contributed by atoms with van der Waals surface area (Å²) in [5.41, 5.74) is 7.38. The molecule has 26 heavy (non-hydrogen) atoms. The second-order valence-corrected chi connectivity index (χ2v) is 6.33. The smallest absolute Gasteiger partial charge is 0.261 e. The van der Waals surface area contributed by atoms with E-state index in [1.165, 1.54) is 17.0 Å². The van der Waals surface area contributed by atoms with Gasteiger partial charge in [-0.1, -0.05) is 12.1 Å². The molecule has 1 atom stereocenters. The van der Waals surface area contributed by atoms with E-state index in [1.807, 2.05) is 0 Å². The van der Waals surface area contributed by atoms with Crippen molar-refractivity contribution in [3.63, 3.8) is 0 Å². The first-order chi connectivity index (χ1) is 12.5. The number of ether oxygens (including phenoxy) is 1. The van der Waals surface area contributed by atoms with Gasteiger partial charge in [0.1, 0.15) is 11.6 Å². The van der Waals surface area contributed by atoms with Gasteiger partial charge in [0.25, 0.3) is 11.8 Å². The predicted molar refractivity (Wildman–Crippen MR) is 95.5 cm³/mol. The maximum atomic E-state index is 13.3. The van der Waals surface area contributed by atoms with E-state index in [-0.39, 0.29) is 23.7 Å². The molecule has 0 fully saturated rings. The summed E-state index contributed by atoms with van der Waals surface area (Å²) in [7, 11) is 0. The Labute approximate surface area is 151 Å². The first kappa shape index (κ1) is 18.1. The Morgan fingerprint density at radius 3 is 2.35 bits per heavy atom. The number of nitrogens with two attached hydrogens (primary N) is 1. The molecular formula is C20H21FN2O3. The average Bonchev–Trinajstić information content (AvgIpc) is 2.87. The van der Waals surface area contributed by atoms with Crippen molar-refractivity contribution in [2.75, 3.05) is 13.2 Å². The van der Waals surface area contributed by atoms with Crippen LogP contribution in [0.1, 0.15) is 52.1 Å². The number of imide groups is 1. The molecule has 0 unspecified atom stereocenters. The number of unbranched alkanes of at least 4 members (excludes halogenated alkanes) is 1. The van der Waals surface area contributed by atoms with Gasteiger partial charge < -0.3 is 10.5 Å². The fraction of sp³-hybridized carbons (Fsp3) is 0.300. The van der Waals surface area contributed by atoms with E-state index >= 15 is 0 Å². The molecule has 5 nitrogen and oxygen atoms in total. The highest BCUT2D eigenvalue weighted by molar-refractivity contribution is 6.21. The summed E-state index contributed by atoms with van der Waals surface area (Å²) in [5, 5.41) is 0. The second-order valence-electron chi connectivity index (χ2n) is 6.33. The number of rotatable bonds is 7. The zero-order chi connectivity index (χ0) is 18.7. The van der Waals surface area contributed by atoms with Crippen LogP contribution in [-0.2, 0) is 0 Å². The molecule has 136 valence electrons. The Kier molecular flexibility index (Phi) is 5.32. The highest BCUT2D eigenvalue weighted by Crippen LogP contribution is 2.25. The van der Waals surface area contributed by atoms with Crippen molar-refractivity contribution in [1.29, 1.82) is 0 Å². The van der Waals surface area contributed by atoms with Crippen molar-refractivity contribution in [3.05, 3.63) is 65.0 Å². The number of nitrogens with zero attached hydrogens (tertiary/aromatic N) is 1. The van der Waals surface area contributed by atoms with Crippen LogP contribution >= 0.6 is 0 Å². The molecule has 0 radical (unpaired) electrons. The number of amides is 2. The summed E-state index contributed by atoms with van der Waals surface area (Å²) in [6.45, 7) is 2.51. The molecule has 1 heterocycles. The number of carbonyl (C=O) groups is 2. The third-order valence-electron chi connectivity index (χ3n) is 4.37. The summed E-state index contributed by atoms with van der Waals surface area (Å²) in [4.78, 5) is 25.8. The van der Waals surface area contributed by atoms with E-state index < -0.39 is 0 Å². The van der Waals surface area contributed by atoms with Crippen LogP contribution < -0.4 is 10.5 Å². The van der Waals surface area contributed by atoms with E-state index in [0.717, 1.165) is 0 Å². The molecular weight excluding hydrogens is 335 g/mol. The molecule has 2 aromatic carbocycles. The number of benzene rings is 2. The molecule has 0 saturated carbocycles. The maximum absolute atomic E-state index is 13.3. The Morgan fingerprint density at radius 2 is 1.73 bits per heavy atom. The molecule has 2 amide bonds. The van der Waals surface area contributed by atoms with Gasteiger partial charge in [-0.05, 0) is 50.1 Å². The van der Waals surface area contributed by atoms with Crippen molar-refractivity contribution in [3.8, 4) is 5.75 Å². The molecule has 1 aliphatic heterocycles. The van der Waals surface area contributed by atoms with Gasteiger partial charge in [0, 0.05) is 18.2 Å². The van der Waals surface area contributed by atoms with Crippen LogP contribution in [0.25, 0.3) is 0 Å². The molecule has 0 saturated heterocycles. The number of halogens is 1. The Morgan fingerprint density at radius 1 is 1.08 bits per heavy atom. The first-order valence-electron chi connectivity index (χ1n) is 8.62. The average molecular weight is 356 g/mol. The topological polar surface area (TPSA) is 72.6 Å². The molecule has 3 rings (SSSR count). The summed E-state index contributed by atoms with van der Waals surface area (Å²) < 4.78 is 19.0. The van der Waals surface area contributed by atoms with Gasteiger partial charge in [-0.15, -0.1) is 0 Å². The largest absolute Gasteiger partial charge is 0.493 e. The van der Waals surface area contributed by atoms with Crippen LogP contribution in [-0.4, -0.2) is 29.9 Å². The molecule has 0 aromatic heterocycles. The second kappa shape index (κ2) is 7.66. The Hall–Kier alpha value is -2.73. The number of hydrogen-bond acceptors (Lipinski definition) is 4. The van der Waals surface area contributed by atoms with Crippen molar-refractivity contribution in [2.45, 2.75) is 25.8 Å². The van der Waals surface area contributed by atoms with Crippen LogP contribution in [0.4, 0.5) is 4.39 Å². The monoisotopic (exact) mass is 356 g/mol. The molecule has 0 spiro atoms. The molecule has 2 N–H and O–H groups in total. The van der Waals surface area contributed by atoms with Gasteiger partial charge in [0.15, 0.2) is 0 Å². The van der Waals surface area contributed by atoms with E-state index in [4.69, 9.17) is 10.5 Å². The lowest BCUT2D eigenvalue weighted by Gasteiger charge is -2.15. The minimum atomic E-state index is -0.352. The summed E-state index contributed by atoms with van der Waals surface area (Å²) >= 11 is 0. The third kappa shape index (κ3) is 3.60. The lowest BCUT2D eigenvalue weighted by atomic mass is 10.1. The van der Waals surface area contributed by atoms with E-state index in [0.29, 0.717) is 48.4 Å². The fourth-order valence-corrected chi connectivity index (χ4v) is 3.00. The number of fused-ring (bicyclic) bond motifs is 1. The molecule has 1 aliphatic rings. The minimum absolute atomic E-state index is 0.246. The summed E-state index contributed by atoms with van der Waals surface area (Å²) in [5.74, 6) is -0.286. The quantitative estimate of drug-likeness (QED) is 0.610. The van der Waals surface area contributed by atoms with Crippen molar-refractivity contribution in [1.82, 2.24) is 4.90 Å². The lowest BCUT2D eigenvalue weighted by molar-refractivity contribution is 0.0649. The molecule has 6 heteroatoms. The van der Waals surface area contributed by atoms with E-state index in [1.54, 1.807) is 37.3 Å². The summed E-state index contributed by atoms with van der Waals surface area (Å²) in [6, 6.07) is 10.8. The predicted octanol–water partition coefficient (Wildman–Crippen LogP) is 3.30. The summed E-state index contributed by atoms with van der Waals surface area (Å²) in [6.07, 6.45) is 1.28. The SMILES string of the molecule is C[C@@H](N)c1cc(F)ccc1OCCCCN1C(=O)c2ccccc2C1=O. The number of carbonyl (C=O) groups excluding carboxylic acids is 2. The zero-order valence-electron chi connectivity index (χ0n) is 14.6. The van der Waals surface area contributed by atoms with Gasteiger partial charge in [0.05, 0.1) is 17.7 Å². The molecule has 2 aromatic rings. The third-order valence-corrected chi connectivity index (χ3v) is 4.37. The van der Waals surface area contributed by atoms with Gasteiger partial charge in [-0.25, -0.2) is 4.39 Å². The molecule has 0 aliphatic carbocycles. The fourth-order valence-electron chi connectivity index (χ4n) is 3.00. The maximum Gasteiger partial charge on any atom is 0.261 e. The highest BCUT2D eigenvalue weighted by Gasteiger charge is 2.34. The van der Waals surface area contributed by atoms with Crippen molar-refractivity contribution < 1.29 is 18.7 Å². The first-order valence-corrected chi connectivity index (χ1v) is 8.62. The van der Waals surface area contributed by atoms with Crippen LogP contribution in [0, 0.1) is 5.82 Å². The lowest BCUT2D eigenvalue weighted by Crippen LogP contribution is -2.30. The van der Waals surface area contributed by atoms with Crippen LogP contribution in [0.5, 0.6) is 5.75 Å². The van der Waals surface area contributed by atoms with Crippen LogP contribution in [0.15, 0.2) is 42.5 Å². The van der Waals surface area contributed by atoms with Gasteiger partial charge in [0.2, 0.25) is 0 Å². The molecule has 0 bridgehead atoms. The van der Waals surface area contributed by atoms with Crippen molar-refractivity contribution in [2.24, 2.45) is 5.73 Å².